The van der Waals surface area contributed by atoms with Crippen LogP contribution < -0.4 is 0 Å². The van der Waals surface area contributed by atoms with E-state index < -0.39 is 20.1 Å². The summed E-state index contributed by atoms with van der Waals surface area (Å²) in [4.78, 5) is 28.1. The maximum atomic E-state index is 14.9. The Morgan fingerprint density at radius 3 is 2.47 bits per heavy atom. The van der Waals surface area contributed by atoms with E-state index in [1.807, 2.05) is 13.0 Å². The van der Waals surface area contributed by atoms with Crippen molar-refractivity contribution < 1.29 is 23.1 Å². The second kappa shape index (κ2) is 10.6. The van der Waals surface area contributed by atoms with Crippen molar-refractivity contribution in [1.29, 1.82) is 0 Å². The van der Waals surface area contributed by atoms with Crippen LogP contribution >= 0.6 is 11.6 Å². The van der Waals surface area contributed by atoms with E-state index in [2.05, 4.69) is 33.9 Å². The zero-order valence-corrected chi connectivity index (χ0v) is 24.3. The molecular formula is C28H37ClFNO4Si. The fourth-order valence-electron chi connectivity index (χ4n) is 4.52. The van der Waals surface area contributed by atoms with Crippen LogP contribution in [0.3, 0.4) is 0 Å². The summed E-state index contributed by atoms with van der Waals surface area (Å²) in [5.41, 5.74) is 2.89. The number of fused-ring (bicyclic) bond motifs is 1. The zero-order valence-electron chi connectivity index (χ0n) is 22.5. The molecule has 0 radical (unpaired) electrons. The predicted octanol–water partition coefficient (Wildman–Crippen LogP) is 6.65. The Labute approximate surface area is 220 Å². The van der Waals surface area contributed by atoms with Crippen molar-refractivity contribution in [3.05, 3.63) is 69.0 Å². The molecule has 5 nitrogen and oxygen atoms in total. The minimum atomic E-state index is -2.12. The molecule has 0 saturated carbocycles. The average molecular weight is 534 g/mol. The van der Waals surface area contributed by atoms with Gasteiger partial charge in [-0.15, -0.1) is 0 Å². The number of carbonyl (C=O) groups excluding carboxylic acids is 2. The molecule has 36 heavy (non-hydrogen) atoms. The molecule has 0 fully saturated rings. The van der Waals surface area contributed by atoms with Gasteiger partial charge in [0.2, 0.25) is 5.91 Å². The maximum Gasteiger partial charge on any atom is 0.338 e. The average Bonchev–Trinajstić information content (AvgIpc) is 2.81. The van der Waals surface area contributed by atoms with Crippen LogP contribution in [0.15, 0.2) is 30.3 Å². The number of hydrogen-bond donors (Lipinski definition) is 0. The van der Waals surface area contributed by atoms with Gasteiger partial charge >= 0.3 is 5.97 Å². The summed E-state index contributed by atoms with van der Waals surface area (Å²) < 4.78 is 26.5. The summed E-state index contributed by atoms with van der Waals surface area (Å²) in [5, 5.41) is 0.230. The van der Waals surface area contributed by atoms with Crippen molar-refractivity contribution in [3.8, 4) is 0 Å². The van der Waals surface area contributed by atoms with E-state index in [0.29, 0.717) is 24.2 Å². The third-order valence-electron chi connectivity index (χ3n) is 7.76. The van der Waals surface area contributed by atoms with Crippen LogP contribution in [0.1, 0.15) is 66.3 Å². The van der Waals surface area contributed by atoms with Crippen molar-refractivity contribution in [2.45, 2.75) is 77.7 Å². The van der Waals surface area contributed by atoms with E-state index >= 15 is 0 Å². The fraction of sp³-hybridized carbons (Fsp3) is 0.500. The first-order chi connectivity index (χ1) is 16.7. The minimum Gasteiger partial charge on any atom is -0.465 e. The Morgan fingerprint density at radius 2 is 1.86 bits per heavy atom. The molecule has 1 heterocycles. The summed E-state index contributed by atoms with van der Waals surface area (Å²) in [6.45, 7) is 14.7. The summed E-state index contributed by atoms with van der Waals surface area (Å²) >= 11 is 6.30. The molecule has 0 bridgehead atoms. The molecule has 0 unspecified atom stereocenters. The number of benzene rings is 2. The SMILES string of the molecule is COC(=O)c1cccc2c1C[C@H](CO[Si](C)(C)C(C)(C)C)N(C(=O)Cc1c(Cl)ccc(C)c1F)[C@H]2C. The Kier molecular flexibility index (Phi) is 8.38. The maximum absolute atomic E-state index is 14.9. The van der Waals surface area contributed by atoms with Crippen molar-refractivity contribution in [3.63, 3.8) is 0 Å². The fourth-order valence-corrected chi connectivity index (χ4v) is 5.78. The molecular weight excluding hydrogens is 497 g/mol. The Bertz CT molecular complexity index is 1160. The lowest BCUT2D eigenvalue weighted by molar-refractivity contribution is -0.137. The molecule has 0 spiro atoms. The zero-order chi connectivity index (χ0) is 27.0. The number of halogens is 2. The summed E-state index contributed by atoms with van der Waals surface area (Å²) in [7, 11) is -0.756. The summed E-state index contributed by atoms with van der Waals surface area (Å²) in [6, 6.07) is 8.04. The van der Waals surface area contributed by atoms with Gasteiger partial charge in [-0.2, -0.15) is 0 Å². The lowest BCUT2D eigenvalue weighted by Crippen LogP contribution is -2.52. The van der Waals surface area contributed by atoms with E-state index in [4.69, 9.17) is 20.8 Å². The van der Waals surface area contributed by atoms with E-state index in [1.165, 1.54) is 7.11 Å². The Morgan fingerprint density at radius 1 is 1.19 bits per heavy atom. The van der Waals surface area contributed by atoms with Crippen molar-refractivity contribution >= 4 is 31.8 Å². The van der Waals surface area contributed by atoms with Crippen molar-refractivity contribution in [1.82, 2.24) is 4.90 Å². The van der Waals surface area contributed by atoms with Crippen LogP contribution in [0, 0.1) is 12.7 Å². The van der Waals surface area contributed by atoms with Gasteiger partial charge in [-0.05, 0) is 67.2 Å². The van der Waals surface area contributed by atoms with Crippen LogP contribution in [0.25, 0.3) is 0 Å². The highest BCUT2D eigenvalue weighted by Gasteiger charge is 2.41. The number of esters is 1. The van der Waals surface area contributed by atoms with Crippen LogP contribution in [0.5, 0.6) is 0 Å². The first-order valence-electron chi connectivity index (χ1n) is 12.3. The second-order valence-corrected chi connectivity index (χ2v) is 16.3. The molecule has 1 aliphatic heterocycles. The third-order valence-corrected chi connectivity index (χ3v) is 12.6. The van der Waals surface area contributed by atoms with E-state index in [1.54, 1.807) is 36.1 Å². The molecule has 196 valence electrons. The monoisotopic (exact) mass is 533 g/mol. The molecule has 2 aromatic rings. The van der Waals surface area contributed by atoms with Gasteiger partial charge < -0.3 is 14.1 Å². The Balaban J connectivity index is 2.03. The number of aryl methyl sites for hydroxylation is 1. The molecule has 1 aliphatic rings. The van der Waals surface area contributed by atoms with Gasteiger partial charge in [-0.25, -0.2) is 9.18 Å². The van der Waals surface area contributed by atoms with Crippen LogP contribution in [-0.2, 0) is 26.8 Å². The third kappa shape index (κ3) is 5.53. The molecule has 2 aromatic carbocycles. The number of carbonyl (C=O) groups is 2. The van der Waals surface area contributed by atoms with Gasteiger partial charge in [0.1, 0.15) is 5.82 Å². The van der Waals surface area contributed by atoms with Gasteiger partial charge in [-0.3, -0.25) is 4.79 Å². The molecule has 0 aliphatic carbocycles. The molecule has 0 aromatic heterocycles. The molecule has 1 amide bonds. The van der Waals surface area contributed by atoms with E-state index in [-0.39, 0.29) is 40.0 Å². The number of methoxy groups -OCH3 is 1. The quantitative estimate of drug-likeness (QED) is 0.308. The summed E-state index contributed by atoms with van der Waals surface area (Å²) in [6.07, 6.45) is 0.286. The first-order valence-corrected chi connectivity index (χ1v) is 15.6. The van der Waals surface area contributed by atoms with Gasteiger partial charge in [-0.1, -0.05) is 50.6 Å². The van der Waals surface area contributed by atoms with Gasteiger partial charge in [0.05, 0.1) is 37.8 Å². The normalized spacial score (nSPS) is 18.1. The number of hydrogen-bond acceptors (Lipinski definition) is 4. The lowest BCUT2D eigenvalue weighted by atomic mass is 9.85. The molecule has 8 heteroatoms. The van der Waals surface area contributed by atoms with Gasteiger partial charge in [0.25, 0.3) is 0 Å². The minimum absolute atomic E-state index is 0.00454. The van der Waals surface area contributed by atoms with Crippen molar-refractivity contribution in [2.24, 2.45) is 0 Å². The predicted molar refractivity (Wildman–Crippen MR) is 144 cm³/mol. The molecule has 0 saturated heterocycles. The van der Waals surface area contributed by atoms with Crippen LogP contribution in [0.4, 0.5) is 4.39 Å². The van der Waals surface area contributed by atoms with Crippen LogP contribution in [-0.4, -0.2) is 44.9 Å². The van der Waals surface area contributed by atoms with Gasteiger partial charge in [0, 0.05) is 10.6 Å². The standard InChI is InChI=1S/C28H37ClFNO4Si/c1-17-12-13-24(29)23(26(17)30)15-25(32)31-18(2)20-10-9-11-21(27(33)34-6)22(20)14-19(31)16-35-36(7,8)28(3,4)5/h9-13,18-19H,14-16H2,1-8H3/t18-,19+/m0/s1. The Hall–Kier alpha value is -2.22. The number of amides is 1. The molecule has 0 N–H and O–H groups in total. The number of rotatable bonds is 6. The largest absolute Gasteiger partial charge is 0.465 e. The smallest absolute Gasteiger partial charge is 0.338 e. The highest BCUT2D eigenvalue weighted by molar-refractivity contribution is 6.74. The lowest BCUT2D eigenvalue weighted by Gasteiger charge is -2.45. The highest BCUT2D eigenvalue weighted by Crippen LogP contribution is 2.39. The summed E-state index contributed by atoms with van der Waals surface area (Å²) in [5.74, 6) is -1.09. The number of nitrogens with zero attached hydrogens (tertiary/aromatic N) is 1. The highest BCUT2D eigenvalue weighted by atomic mass is 35.5. The first kappa shape index (κ1) is 28.3. The van der Waals surface area contributed by atoms with Crippen LogP contribution in [0.2, 0.25) is 23.2 Å². The molecule has 2 atom stereocenters. The van der Waals surface area contributed by atoms with E-state index in [9.17, 15) is 14.0 Å². The molecule has 3 rings (SSSR count). The van der Waals surface area contributed by atoms with E-state index in [0.717, 1.165) is 11.1 Å². The van der Waals surface area contributed by atoms with Crippen molar-refractivity contribution in [2.75, 3.05) is 13.7 Å². The topological polar surface area (TPSA) is 55.8 Å². The number of ether oxygens (including phenoxy) is 1. The second-order valence-electron chi connectivity index (χ2n) is 11.1. The van der Waals surface area contributed by atoms with Gasteiger partial charge in [0.15, 0.2) is 8.32 Å².